The lowest BCUT2D eigenvalue weighted by Crippen LogP contribution is -2.35. The number of fused-ring (bicyclic) bond motifs is 1. The number of primary amides is 1. The number of aliphatic carboxylic acids is 1. The molecule has 3 N–H and O–H groups in total. The zero-order valence-electron chi connectivity index (χ0n) is 26.7. The molecular formula is C37H42F2N2O5. The maximum Gasteiger partial charge on any atom is 0.303 e. The summed E-state index contributed by atoms with van der Waals surface area (Å²) in [6.07, 6.45) is 3.64. The summed E-state index contributed by atoms with van der Waals surface area (Å²) >= 11 is 0. The number of carbonyl (C=O) groups is 2. The van der Waals surface area contributed by atoms with Crippen LogP contribution in [0.3, 0.4) is 0 Å². The Hall–Kier alpha value is -4.50. The van der Waals surface area contributed by atoms with Crippen molar-refractivity contribution in [2.24, 2.45) is 11.7 Å². The maximum atomic E-state index is 12.8. The van der Waals surface area contributed by atoms with E-state index >= 15 is 0 Å². The number of nitrogens with zero attached hydrogens (tertiary/aromatic N) is 1. The lowest BCUT2D eigenvalue weighted by Gasteiger charge is -2.31. The number of methoxy groups -OCH3 is 2. The Balaban J connectivity index is 0.000000369. The van der Waals surface area contributed by atoms with Gasteiger partial charge in [0.15, 0.2) is 0 Å². The number of hydrogen-bond acceptors (Lipinski definition) is 5. The number of carbonyl (C=O) groups excluding carboxylic acids is 1. The Morgan fingerprint density at radius 3 is 2.15 bits per heavy atom. The van der Waals surface area contributed by atoms with Gasteiger partial charge in [-0.25, -0.2) is 8.78 Å². The molecule has 1 heterocycles. The van der Waals surface area contributed by atoms with E-state index < -0.39 is 17.7 Å². The summed E-state index contributed by atoms with van der Waals surface area (Å²) in [5, 5.41) is 11.2. The predicted molar refractivity (Wildman–Crippen MR) is 177 cm³/mol. The summed E-state index contributed by atoms with van der Waals surface area (Å²) in [6.45, 7) is 3.79. The highest BCUT2D eigenvalue weighted by Gasteiger charge is 2.22. The quantitative estimate of drug-likeness (QED) is 0.185. The highest BCUT2D eigenvalue weighted by atomic mass is 19.1. The van der Waals surface area contributed by atoms with Gasteiger partial charge < -0.3 is 25.2 Å². The molecule has 1 amide bonds. The molecule has 4 aromatic carbocycles. The molecule has 46 heavy (non-hydrogen) atoms. The molecule has 0 bridgehead atoms. The number of hydrogen-bond donors (Lipinski definition) is 2. The van der Waals surface area contributed by atoms with Crippen molar-refractivity contribution in [2.45, 2.75) is 39.0 Å². The molecule has 0 aromatic heterocycles. The lowest BCUT2D eigenvalue weighted by atomic mass is 9.88. The van der Waals surface area contributed by atoms with Crippen LogP contribution < -0.4 is 15.2 Å². The molecule has 1 aliphatic heterocycles. The van der Waals surface area contributed by atoms with Gasteiger partial charge in [0.2, 0.25) is 0 Å². The summed E-state index contributed by atoms with van der Waals surface area (Å²) in [4.78, 5) is 24.0. The molecule has 0 atom stereocenters. The van der Waals surface area contributed by atoms with Gasteiger partial charge in [-0.3, -0.25) is 9.59 Å². The number of likely N-dealkylation sites (tertiary alicyclic amines) is 1. The van der Waals surface area contributed by atoms with Crippen molar-refractivity contribution < 1.29 is 33.0 Å². The van der Waals surface area contributed by atoms with Crippen molar-refractivity contribution in [1.82, 2.24) is 4.90 Å². The first-order valence-corrected chi connectivity index (χ1v) is 15.5. The highest BCUT2D eigenvalue weighted by molar-refractivity contribution is 6.01. The standard InChI is InChI=1S/C29H34FNO4.C8H8FNO/c1-34-26-18-21(17-20-11-14-31(15-12-20)16-13-30)19-27(35-2)29(26)25-8-4-6-23-22(9-10-28(32)33)5-3-7-24(23)25;1-5-3-2-4-6(9)7(5)8(10)11/h3-8,18-20H,9-17H2,1-2H3,(H,32,33);2-4H,1H3,(H2,10,11). The molecule has 0 aliphatic carbocycles. The van der Waals surface area contributed by atoms with Crippen LogP contribution in [0.4, 0.5) is 8.78 Å². The van der Waals surface area contributed by atoms with Crippen LogP contribution in [0.5, 0.6) is 11.5 Å². The van der Waals surface area contributed by atoms with Crippen LogP contribution in [-0.2, 0) is 17.6 Å². The van der Waals surface area contributed by atoms with Gasteiger partial charge in [0, 0.05) is 13.0 Å². The van der Waals surface area contributed by atoms with Crippen LogP contribution in [0, 0.1) is 18.7 Å². The van der Waals surface area contributed by atoms with Crippen molar-refractivity contribution in [3.05, 3.63) is 94.8 Å². The molecule has 1 aliphatic rings. The number of benzene rings is 4. The summed E-state index contributed by atoms with van der Waals surface area (Å²) in [6, 6.07) is 20.7. The molecule has 244 valence electrons. The molecule has 0 spiro atoms. The van der Waals surface area contributed by atoms with Gasteiger partial charge in [-0.1, -0.05) is 48.5 Å². The van der Waals surface area contributed by atoms with Gasteiger partial charge in [-0.05, 0) is 103 Å². The Morgan fingerprint density at radius 1 is 0.957 bits per heavy atom. The van der Waals surface area contributed by atoms with E-state index in [-0.39, 0.29) is 18.7 Å². The summed E-state index contributed by atoms with van der Waals surface area (Å²) in [5.74, 6) is -0.000877. The normalized spacial score (nSPS) is 13.6. The van der Waals surface area contributed by atoms with Gasteiger partial charge in [0.25, 0.3) is 5.91 Å². The van der Waals surface area contributed by atoms with Crippen LogP contribution >= 0.6 is 0 Å². The van der Waals surface area contributed by atoms with E-state index in [2.05, 4.69) is 29.2 Å². The number of amides is 1. The van der Waals surface area contributed by atoms with E-state index in [4.69, 9.17) is 20.3 Å². The fourth-order valence-corrected chi connectivity index (χ4v) is 6.21. The summed E-state index contributed by atoms with van der Waals surface area (Å²) in [5.41, 5.74) is 9.57. The number of carboxylic acids is 1. The Bertz CT molecular complexity index is 1620. The van der Waals surface area contributed by atoms with E-state index in [0.717, 1.165) is 71.3 Å². The molecule has 4 aromatic rings. The SMILES string of the molecule is COc1cc(CC2CCN(CCF)CC2)cc(OC)c1-c1cccc2c(CCC(=O)O)cccc12.Cc1cccc(F)c1C(N)=O. The third kappa shape index (κ3) is 8.40. The van der Waals surface area contributed by atoms with Gasteiger partial charge in [-0.2, -0.15) is 0 Å². The molecule has 0 unspecified atom stereocenters. The van der Waals surface area contributed by atoms with Crippen LogP contribution in [0.1, 0.15) is 46.3 Å². The number of ether oxygens (including phenoxy) is 2. The van der Waals surface area contributed by atoms with E-state index in [0.29, 0.717) is 24.4 Å². The topological polar surface area (TPSA) is 102 Å². The minimum atomic E-state index is -0.801. The smallest absolute Gasteiger partial charge is 0.303 e. The maximum absolute atomic E-state index is 12.8. The fraction of sp³-hybridized carbons (Fsp3) is 0.351. The minimum absolute atomic E-state index is 0.0208. The molecule has 0 saturated carbocycles. The number of nitrogens with two attached hydrogens (primary N) is 1. The number of halogens is 2. The molecule has 1 fully saturated rings. The Morgan fingerprint density at radius 2 is 1.59 bits per heavy atom. The highest BCUT2D eigenvalue weighted by Crippen LogP contribution is 2.43. The first kappa shape index (κ1) is 34.4. The summed E-state index contributed by atoms with van der Waals surface area (Å²) < 4.78 is 37.2. The van der Waals surface area contributed by atoms with E-state index in [1.54, 1.807) is 27.2 Å². The van der Waals surface area contributed by atoms with Crippen molar-refractivity contribution >= 4 is 22.6 Å². The monoisotopic (exact) mass is 632 g/mol. The van der Waals surface area contributed by atoms with Gasteiger partial charge in [0.05, 0.1) is 25.3 Å². The first-order chi connectivity index (χ1) is 22.2. The fourth-order valence-electron chi connectivity index (χ4n) is 6.21. The van der Waals surface area contributed by atoms with E-state index in [9.17, 15) is 18.4 Å². The van der Waals surface area contributed by atoms with Crippen molar-refractivity contribution in [1.29, 1.82) is 0 Å². The van der Waals surface area contributed by atoms with Crippen LogP contribution in [0.15, 0.2) is 66.7 Å². The van der Waals surface area contributed by atoms with Crippen molar-refractivity contribution in [3.63, 3.8) is 0 Å². The van der Waals surface area contributed by atoms with Gasteiger partial charge in [0.1, 0.15) is 24.0 Å². The van der Waals surface area contributed by atoms with Crippen LogP contribution in [-0.4, -0.2) is 62.4 Å². The molecule has 9 heteroatoms. The number of rotatable bonds is 11. The number of piperidine rings is 1. The molecular weight excluding hydrogens is 590 g/mol. The number of alkyl halides is 1. The Labute approximate surface area is 268 Å². The zero-order chi connectivity index (χ0) is 33.2. The minimum Gasteiger partial charge on any atom is -0.496 e. The average Bonchev–Trinajstić information content (AvgIpc) is 3.04. The molecule has 1 saturated heterocycles. The molecule has 5 rings (SSSR count). The van der Waals surface area contributed by atoms with E-state index in [1.165, 1.54) is 17.7 Å². The zero-order valence-corrected chi connectivity index (χ0v) is 26.7. The molecule has 7 nitrogen and oxygen atoms in total. The van der Waals surface area contributed by atoms with Crippen molar-refractivity contribution in [2.75, 3.05) is 40.5 Å². The average molecular weight is 633 g/mol. The largest absolute Gasteiger partial charge is 0.496 e. The second-order valence-electron chi connectivity index (χ2n) is 11.6. The predicted octanol–water partition coefficient (Wildman–Crippen LogP) is 7.00. The van der Waals surface area contributed by atoms with Gasteiger partial charge >= 0.3 is 5.97 Å². The number of aryl methyl sites for hydroxylation is 2. The number of carboxylic acid groups (broad SMARTS) is 1. The lowest BCUT2D eigenvalue weighted by molar-refractivity contribution is -0.136. The first-order valence-electron chi connectivity index (χ1n) is 15.5. The molecule has 0 radical (unpaired) electrons. The second-order valence-corrected chi connectivity index (χ2v) is 11.6. The third-order valence-corrected chi connectivity index (χ3v) is 8.56. The second kappa shape index (κ2) is 16.2. The van der Waals surface area contributed by atoms with Crippen LogP contribution in [0.25, 0.3) is 21.9 Å². The van der Waals surface area contributed by atoms with Crippen LogP contribution in [0.2, 0.25) is 0 Å². The third-order valence-electron chi connectivity index (χ3n) is 8.56. The Kier molecular flexibility index (Phi) is 12.1. The van der Waals surface area contributed by atoms with Crippen molar-refractivity contribution in [3.8, 4) is 22.6 Å². The van der Waals surface area contributed by atoms with E-state index in [1.807, 2.05) is 24.3 Å². The summed E-state index contributed by atoms with van der Waals surface area (Å²) in [7, 11) is 3.36. The van der Waals surface area contributed by atoms with Gasteiger partial charge in [-0.15, -0.1) is 0 Å².